The lowest BCUT2D eigenvalue weighted by Gasteiger charge is -2.21. The summed E-state index contributed by atoms with van der Waals surface area (Å²) in [4.78, 5) is 14.6. The number of thioether (sulfide) groups is 1. The van der Waals surface area contributed by atoms with Crippen molar-refractivity contribution < 1.29 is 18.0 Å². The van der Waals surface area contributed by atoms with Gasteiger partial charge in [0.05, 0.1) is 17.3 Å². The Labute approximate surface area is 218 Å². The number of halogens is 3. The van der Waals surface area contributed by atoms with Crippen LogP contribution >= 0.6 is 11.8 Å². The Kier molecular flexibility index (Phi) is 12.5. The zero-order valence-electron chi connectivity index (χ0n) is 22.9. The minimum Gasteiger partial charge on any atom is -0.344 e. The van der Waals surface area contributed by atoms with E-state index in [4.69, 9.17) is 0 Å². The summed E-state index contributed by atoms with van der Waals surface area (Å²) in [5.41, 5.74) is 2.08. The number of rotatable bonds is 11. The maximum atomic E-state index is 13.7. The monoisotopic (exact) mass is 523 g/mol. The van der Waals surface area contributed by atoms with Gasteiger partial charge in [-0.1, -0.05) is 69.3 Å². The van der Waals surface area contributed by atoms with Crippen molar-refractivity contribution in [2.24, 2.45) is 7.05 Å². The Morgan fingerprint density at radius 2 is 1.86 bits per heavy atom. The predicted octanol–water partition coefficient (Wildman–Crippen LogP) is 8.38. The highest BCUT2D eigenvalue weighted by Gasteiger charge is 2.32. The summed E-state index contributed by atoms with van der Waals surface area (Å²) in [6.45, 7) is 15.1. The lowest BCUT2D eigenvalue weighted by Crippen LogP contribution is -2.34. The van der Waals surface area contributed by atoms with Crippen LogP contribution in [0.3, 0.4) is 0 Å². The topological polar surface area (TPSA) is 46.9 Å². The van der Waals surface area contributed by atoms with E-state index in [-0.39, 0.29) is 24.3 Å². The second-order valence-electron chi connectivity index (χ2n) is 8.85. The maximum Gasteiger partial charge on any atom is 0.416 e. The molecule has 36 heavy (non-hydrogen) atoms. The number of aryl methyl sites for hydroxylation is 1. The molecule has 0 aliphatic rings. The molecule has 1 rings (SSSR count). The van der Waals surface area contributed by atoms with Crippen molar-refractivity contribution in [2.75, 3.05) is 0 Å². The van der Waals surface area contributed by atoms with E-state index in [1.807, 2.05) is 47.6 Å². The first-order chi connectivity index (χ1) is 16.8. The molecule has 1 N–H and O–H groups in total. The molecule has 0 saturated heterocycles. The van der Waals surface area contributed by atoms with Gasteiger partial charge in [-0.25, -0.2) is 0 Å². The first kappa shape index (κ1) is 31.5. The fraction of sp³-hybridized carbons (Fsp3) is 0.500. The molecule has 0 radical (unpaired) electrons. The largest absolute Gasteiger partial charge is 0.416 e. The third kappa shape index (κ3) is 8.87. The molecule has 0 fully saturated rings. The third-order valence-corrected chi connectivity index (χ3v) is 7.20. The van der Waals surface area contributed by atoms with Crippen LogP contribution in [0.25, 0.3) is 0 Å². The number of aromatic nitrogens is 2. The second-order valence-corrected chi connectivity index (χ2v) is 9.93. The molecule has 1 aromatic heterocycles. The summed E-state index contributed by atoms with van der Waals surface area (Å²) in [5.74, 6) is -0.0572. The van der Waals surface area contributed by atoms with Gasteiger partial charge < -0.3 is 5.32 Å². The van der Waals surface area contributed by atoms with Crippen molar-refractivity contribution in [3.63, 3.8) is 0 Å². The molecule has 1 unspecified atom stereocenters. The van der Waals surface area contributed by atoms with Gasteiger partial charge in [-0.05, 0) is 64.2 Å². The standard InChI is InChI=1S/C28H40F3N3OS/c1-10-14-21(16-22(15-11-2)28(29,30)31)26(19(7)12-3)36-25(13-4)20(8)32-27(35)24-17-23(18(5)6)33-34(24)9/h10,13-18,20H,11-12H2,1-9H3,(H,32,35)/b14-10-,21-16+,22-15-,25-13-,26-19?. The maximum absolute atomic E-state index is 13.7. The van der Waals surface area contributed by atoms with Crippen molar-refractivity contribution in [3.8, 4) is 0 Å². The van der Waals surface area contributed by atoms with E-state index in [0.717, 1.165) is 21.1 Å². The summed E-state index contributed by atoms with van der Waals surface area (Å²) in [6.07, 6.45) is 4.27. The second kappa shape index (κ2) is 14.3. The molecule has 1 heterocycles. The molecule has 200 valence electrons. The van der Waals surface area contributed by atoms with Crippen molar-refractivity contribution in [1.82, 2.24) is 15.1 Å². The van der Waals surface area contributed by atoms with Gasteiger partial charge in [0, 0.05) is 16.9 Å². The van der Waals surface area contributed by atoms with Gasteiger partial charge in [0.25, 0.3) is 5.91 Å². The van der Waals surface area contributed by atoms with Gasteiger partial charge >= 0.3 is 6.18 Å². The van der Waals surface area contributed by atoms with Gasteiger partial charge in [0.2, 0.25) is 0 Å². The highest BCUT2D eigenvalue weighted by Crippen LogP contribution is 2.39. The molecule has 0 saturated carbocycles. The van der Waals surface area contributed by atoms with Crippen molar-refractivity contribution in [1.29, 1.82) is 0 Å². The Bertz CT molecular complexity index is 1060. The molecule has 8 heteroatoms. The quantitative estimate of drug-likeness (QED) is 0.296. The smallest absolute Gasteiger partial charge is 0.344 e. The molecule has 0 aliphatic heterocycles. The number of amides is 1. The van der Waals surface area contributed by atoms with Crippen molar-refractivity contribution in [2.45, 2.75) is 86.4 Å². The fourth-order valence-electron chi connectivity index (χ4n) is 3.41. The molecule has 4 nitrogen and oxygen atoms in total. The highest BCUT2D eigenvalue weighted by atomic mass is 32.2. The first-order valence-corrected chi connectivity index (χ1v) is 13.1. The zero-order chi connectivity index (χ0) is 27.6. The third-order valence-electron chi connectivity index (χ3n) is 5.59. The van der Waals surface area contributed by atoms with Crippen LogP contribution in [-0.2, 0) is 7.05 Å². The number of carbonyl (C=O) groups excluding carboxylic acids is 1. The zero-order valence-corrected chi connectivity index (χ0v) is 23.7. The number of carbonyl (C=O) groups is 1. The summed E-state index contributed by atoms with van der Waals surface area (Å²) in [5, 5.41) is 7.43. The van der Waals surface area contributed by atoms with E-state index < -0.39 is 11.7 Å². The predicted molar refractivity (Wildman–Crippen MR) is 146 cm³/mol. The summed E-state index contributed by atoms with van der Waals surface area (Å²) in [6, 6.07) is 1.43. The Morgan fingerprint density at radius 1 is 1.22 bits per heavy atom. The summed E-state index contributed by atoms with van der Waals surface area (Å²) < 4.78 is 42.6. The summed E-state index contributed by atoms with van der Waals surface area (Å²) >= 11 is 1.39. The number of alkyl halides is 3. The van der Waals surface area contributed by atoms with E-state index in [9.17, 15) is 18.0 Å². The van der Waals surface area contributed by atoms with Crippen LogP contribution in [0.1, 0.15) is 90.3 Å². The average Bonchev–Trinajstić information content (AvgIpc) is 3.20. The minimum absolute atomic E-state index is 0.196. The van der Waals surface area contributed by atoms with Crippen LogP contribution in [0.2, 0.25) is 0 Å². The van der Waals surface area contributed by atoms with E-state index >= 15 is 0 Å². The van der Waals surface area contributed by atoms with Crippen molar-refractivity contribution in [3.05, 3.63) is 74.4 Å². The number of nitrogens with zero attached hydrogens (tertiary/aromatic N) is 2. The molecule has 0 spiro atoms. The van der Waals surface area contributed by atoms with Gasteiger partial charge in [0.1, 0.15) is 5.69 Å². The summed E-state index contributed by atoms with van der Waals surface area (Å²) in [7, 11) is 1.73. The number of hydrogen-bond donors (Lipinski definition) is 1. The van der Waals surface area contributed by atoms with Crippen molar-refractivity contribution >= 4 is 17.7 Å². The number of allylic oxidation sites excluding steroid dienone is 8. The molecule has 1 aromatic rings. The van der Waals surface area contributed by atoms with Crippen LogP contribution in [0.15, 0.2) is 63.0 Å². The Morgan fingerprint density at radius 3 is 2.31 bits per heavy atom. The van der Waals surface area contributed by atoms with E-state index in [1.54, 1.807) is 43.8 Å². The number of nitrogens with one attached hydrogen (secondary N) is 1. The first-order valence-electron chi connectivity index (χ1n) is 12.3. The Balaban J connectivity index is 3.36. The molecule has 1 atom stereocenters. The van der Waals surface area contributed by atoms with Gasteiger partial charge in [-0.2, -0.15) is 18.3 Å². The lowest BCUT2D eigenvalue weighted by molar-refractivity contribution is -0.0884. The molecule has 0 aromatic carbocycles. The van der Waals surface area contributed by atoms with Crippen LogP contribution in [-0.4, -0.2) is 27.9 Å². The van der Waals surface area contributed by atoms with Gasteiger partial charge in [-0.3, -0.25) is 9.48 Å². The molecular formula is C28H40F3N3OS. The van der Waals surface area contributed by atoms with E-state index in [1.165, 1.54) is 23.9 Å². The van der Waals surface area contributed by atoms with Gasteiger partial charge in [0.15, 0.2) is 0 Å². The Hall–Kier alpha value is -2.48. The molecule has 0 aliphatic carbocycles. The SMILES string of the molecule is C\C=C/C(=C\C(=C\CC)C(F)(F)F)C(S/C(=C\C)C(C)NC(=O)c1cc(C(C)C)nn1C)=C(C)CC. The number of hydrogen-bond acceptors (Lipinski definition) is 3. The lowest BCUT2D eigenvalue weighted by atomic mass is 10.1. The minimum atomic E-state index is -4.44. The van der Waals surface area contributed by atoms with E-state index in [2.05, 4.69) is 10.4 Å². The van der Waals surface area contributed by atoms with Crippen LogP contribution in [0.5, 0.6) is 0 Å². The van der Waals surface area contributed by atoms with Crippen LogP contribution < -0.4 is 5.32 Å². The van der Waals surface area contributed by atoms with Crippen LogP contribution in [0, 0.1) is 0 Å². The molecular weight excluding hydrogens is 483 g/mol. The van der Waals surface area contributed by atoms with Gasteiger partial charge in [-0.15, -0.1) is 0 Å². The normalized spacial score (nSPS) is 15.5. The molecule has 1 amide bonds. The highest BCUT2D eigenvalue weighted by molar-refractivity contribution is 8.07. The molecule has 0 bridgehead atoms. The average molecular weight is 524 g/mol. The van der Waals surface area contributed by atoms with E-state index in [0.29, 0.717) is 17.7 Å². The van der Waals surface area contributed by atoms with Crippen LogP contribution in [0.4, 0.5) is 13.2 Å². The fourth-order valence-corrected chi connectivity index (χ4v) is 4.56.